The fourth-order valence-corrected chi connectivity index (χ4v) is 2.72. The van der Waals surface area contributed by atoms with Crippen molar-refractivity contribution in [3.05, 3.63) is 79.9 Å². The van der Waals surface area contributed by atoms with Gasteiger partial charge in [-0.3, -0.25) is 29.8 Å². The molecule has 0 saturated heterocycles. The van der Waals surface area contributed by atoms with Crippen molar-refractivity contribution in [1.82, 2.24) is 0 Å². The smallest absolute Gasteiger partial charge is 0.312 e. The number of aliphatic hydroxyl groups is 1. The van der Waals surface area contributed by atoms with Crippen LogP contribution in [-0.2, 0) is 15.1 Å². The molecule has 0 aliphatic heterocycles. The van der Waals surface area contributed by atoms with Crippen LogP contribution in [0.1, 0.15) is 22.8 Å². The summed E-state index contributed by atoms with van der Waals surface area (Å²) in [5, 5.41) is 32.8. The number of hydrogen-bond donors (Lipinski definition) is 1. The van der Waals surface area contributed by atoms with Gasteiger partial charge in [0.1, 0.15) is 0 Å². The summed E-state index contributed by atoms with van der Waals surface area (Å²) >= 11 is 0. The SMILES string of the molecule is COC(=O)[C@H](C)[C@@](O)(C(=O)c1ccc([N+](=O)[O-])cc1)c1ccc([N+](=O)[O-])cc1. The number of benzene rings is 2. The van der Waals surface area contributed by atoms with Gasteiger partial charge in [0.05, 0.1) is 22.9 Å². The van der Waals surface area contributed by atoms with Gasteiger partial charge in [-0.1, -0.05) is 0 Å². The van der Waals surface area contributed by atoms with E-state index in [2.05, 4.69) is 4.74 Å². The monoisotopic (exact) mass is 388 g/mol. The predicted octanol–water partition coefficient (Wildman–Crippen LogP) is 2.38. The molecule has 0 aliphatic rings. The number of ether oxygens (including phenoxy) is 1. The van der Waals surface area contributed by atoms with Crippen LogP contribution in [0, 0.1) is 26.1 Å². The molecule has 0 amide bonds. The Bertz CT molecular complexity index is 924. The highest BCUT2D eigenvalue weighted by molar-refractivity contribution is 6.05. The second-order valence-electron chi connectivity index (χ2n) is 5.95. The molecule has 0 heterocycles. The third-order valence-corrected chi connectivity index (χ3v) is 4.39. The van der Waals surface area contributed by atoms with E-state index in [1.54, 1.807) is 0 Å². The zero-order valence-corrected chi connectivity index (χ0v) is 14.9. The first-order valence-corrected chi connectivity index (χ1v) is 7.97. The molecule has 0 aliphatic carbocycles. The normalized spacial score (nSPS) is 13.8. The topological polar surface area (TPSA) is 150 Å². The molecule has 28 heavy (non-hydrogen) atoms. The summed E-state index contributed by atoms with van der Waals surface area (Å²) in [4.78, 5) is 45.4. The van der Waals surface area contributed by atoms with Gasteiger partial charge in [0.15, 0.2) is 11.4 Å². The van der Waals surface area contributed by atoms with E-state index in [0.717, 1.165) is 43.5 Å². The van der Waals surface area contributed by atoms with Crippen molar-refractivity contribution < 1.29 is 29.3 Å². The lowest BCUT2D eigenvalue weighted by Gasteiger charge is -2.31. The molecule has 1 N–H and O–H groups in total. The minimum Gasteiger partial charge on any atom is -0.469 e. The summed E-state index contributed by atoms with van der Waals surface area (Å²) in [7, 11) is 1.09. The molecule has 2 aromatic carbocycles. The Morgan fingerprint density at radius 3 is 1.79 bits per heavy atom. The van der Waals surface area contributed by atoms with Gasteiger partial charge in [-0.25, -0.2) is 0 Å². The van der Waals surface area contributed by atoms with E-state index in [-0.39, 0.29) is 22.5 Å². The molecule has 2 atom stereocenters. The summed E-state index contributed by atoms with van der Waals surface area (Å²) < 4.78 is 4.63. The molecule has 0 fully saturated rings. The molecule has 0 unspecified atom stereocenters. The van der Waals surface area contributed by atoms with Gasteiger partial charge < -0.3 is 9.84 Å². The molecule has 0 radical (unpaired) electrons. The van der Waals surface area contributed by atoms with Gasteiger partial charge in [-0.05, 0) is 36.8 Å². The first-order chi connectivity index (χ1) is 13.1. The quantitative estimate of drug-likeness (QED) is 0.329. The third-order valence-electron chi connectivity index (χ3n) is 4.39. The van der Waals surface area contributed by atoms with Gasteiger partial charge in [-0.2, -0.15) is 0 Å². The summed E-state index contributed by atoms with van der Waals surface area (Å²) in [6, 6.07) is 9.00. The van der Waals surface area contributed by atoms with E-state index < -0.39 is 33.1 Å². The Kier molecular flexibility index (Phi) is 5.84. The molecule has 0 bridgehead atoms. The highest BCUT2D eigenvalue weighted by atomic mass is 16.6. The van der Waals surface area contributed by atoms with E-state index >= 15 is 0 Å². The average Bonchev–Trinajstić information content (AvgIpc) is 2.71. The van der Waals surface area contributed by atoms with E-state index in [0.29, 0.717) is 0 Å². The lowest BCUT2D eigenvalue weighted by atomic mass is 9.76. The maximum absolute atomic E-state index is 13.1. The zero-order valence-electron chi connectivity index (χ0n) is 14.9. The Hall–Kier alpha value is -3.66. The maximum atomic E-state index is 13.1. The highest BCUT2D eigenvalue weighted by Gasteiger charge is 2.47. The molecule has 0 aromatic heterocycles. The first kappa shape index (κ1) is 20.6. The van der Waals surface area contributed by atoms with Crippen molar-refractivity contribution in [2.75, 3.05) is 7.11 Å². The molecule has 0 spiro atoms. The van der Waals surface area contributed by atoms with Crippen LogP contribution < -0.4 is 0 Å². The summed E-state index contributed by atoms with van der Waals surface area (Å²) in [5.74, 6) is -3.15. The van der Waals surface area contributed by atoms with Gasteiger partial charge in [0, 0.05) is 29.8 Å². The molecule has 10 nitrogen and oxygen atoms in total. The van der Waals surface area contributed by atoms with Gasteiger partial charge in [-0.15, -0.1) is 0 Å². The molecule has 2 rings (SSSR count). The fourth-order valence-electron chi connectivity index (χ4n) is 2.72. The average molecular weight is 388 g/mol. The number of hydrogen-bond acceptors (Lipinski definition) is 8. The summed E-state index contributed by atoms with van der Waals surface area (Å²) in [5.41, 5.74) is -3.06. The van der Waals surface area contributed by atoms with Crippen molar-refractivity contribution in [3.8, 4) is 0 Å². The number of methoxy groups -OCH3 is 1. The molecule has 2 aromatic rings. The van der Waals surface area contributed by atoms with Gasteiger partial charge in [0.2, 0.25) is 0 Å². The number of non-ortho nitro benzene ring substituents is 2. The number of carbonyl (C=O) groups is 2. The number of nitro groups is 2. The van der Waals surface area contributed by atoms with Crippen LogP contribution >= 0.6 is 0 Å². The standard InChI is InChI=1S/C18H16N2O8/c1-11(17(22)28-2)18(23,13-5-9-15(10-6-13)20(26)27)16(21)12-3-7-14(8-4-12)19(24)25/h3-11,23H,1-2H3/t11-,18-/m0/s1. The number of ketones is 1. The minimum absolute atomic E-state index is 0.0562. The van der Waals surface area contributed by atoms with Crippen LogP contribution in [0.4, 0.5) is 11.4 Å². The summed E-state index contributed by atoms with van der Waals surface area (Å²) in [6.07, 6.45) is 0. The van der Waals surface area contributed by atoms with Crippen LogP contribution in [0.5, 0.6) is 0 Å². The largest absolute Gasteiger partial charge is 0.469 e. The fraction of sp³-hybridized carbons (Fsp3) is 0.222. The number of Topliss-reactive ketones (excluding diaryl/α,β-unsaturated/α-hetero) is 1. The van der Waals surface area contributed by atoms with E-state index in [4.69, 9.17) is 0 Å². The molecule has 146 valence electrons. The maximum Gasteiger partial charge on any atom is 0.312 e. The van der Waals surface area contributed by atoms with Crippen molar-refractivity contribution in [2.24, 2.45) is 5.92 Å². The van der Waals surface area contributed by atoms with E-state index in [1.165, 1.54) is 19.1 Å². The predicted molar refractivity (Wildman–Crippen MR) is 95.6 cm³/mol. The van der Waals surface area contributed by atoms with Crippen molar-refractivity contribution >= 4 is 23.1 Å². The lowest BCUT2D eigenvalue weighted by molar-refractivity contribution is -0.385. The number of rotatable bonds is 7. The number of carbonyl (C=O) groups excluding carboxylic acids is 2. The van der Waals surface area contributed by atoms with Crippen LogP contribution in [0.25, 0.3) is 0 Å². The van der Waals surface area contributed by atoms with Crippen molar-refractivity contribution in [1.29, 1.82) is 0 Å². The molecule has 10 heteroatoms. The van der Waals surface area contributed by atoms with Crippen LogP contribution in [-0.4, -0.2) is 33.8 Å². The summed E-state index contributed by atoms with van der Waals surface area (Å²) in [6.45, 7) is 1.27. The van der Waals surface area contributed by atoms with Crippen molar-refractivity contribution in [2.45, 2.75) is 12.5 Å². The first-order valence-electron chi connectivity index (χ1n) is 7.97. The molecular formula is C18H16N2O8. The van der Waals surface area contributed by atoms with E-state index in [1.807, 2.05) is 0 Å². The highest BCUT2D eigenvalue weighted by Crippen LogP contribution is 2.35. The Morgan fingerprint density at radius 2 is 1.39 bits per heavy atom. The number of nitrogens with zero attached hydrogens (tertiary/aromatic N) is 2. The molecular weight excluding hydrogens is 372 g/mol. The van der Waals surface area contributed by atoms with E-state index in [9.17, 15) is 34.9 Å². The van der Waals surface area contributed by atoms with Crippen LogP contribution in [0.15, 0.2) is 48.5 Å². The number of nitro benzene ring substituents is 2. The minimum atomic E-state index is -2.40. The number of esters is 1. The molecule has 0 saturated carbocycles. The Morgan fingerprint density at radius 1 is 0.964 bits per heavy atom. The third kappa shape index (κ3) is 3.71. The lowest BCUT2D eigenvalue weighted by Crippen LogP contribution is -2.45. The zero-order chi connectivity index (χ0) is 21.1. The second-order valence-corrected chi connectivity index (χ2v) is 5.95. The van der Waals surface area contributed by atoms with Gasteiger partial charge >= 0.3 is 5.97 Å². The Labute approximate surface area is 158 Å². The van der Waals surface area contributed by atoms with Gasteiger partial charge in [0.25, 0.3) is 11.4 Å². The van der Waals surface area contributed by atoms with Crippen molar-refractivity contribution in [3.63, 3.8) is 0 Å². The Balaban J connectivity index is 2.57. The van der Waals surface area contributed by atoms with Crippen LogP contribution in [0.3, 0.4) is 0 Å². The second kappa shape index (κ2) is 7.92. The van der Waals surface area contributed by atoms with Crippen LogP contribution in [0.2, 0.25) is 0 Å².